The second kappa shape index (κ2) is 6.35. The number of benzene rings is 2. The summed E-state index contributed by atoms with van der Waals surface area (Å²) in [6.07, 6.45) is 6.73. The molecule has 2 aromatic rings. The number of allylic oxidation sites excluding steroid dienone is 2. The fraction of sp³-hybridized carbons (Fsp3) is 0.111. The van der Waals surface area contributed by atoms with Gasteiger partial charge in [0.15, 0.2) is 0 Å². The van der Waals surface area contributed by atoms with Crippen molar-refractivity contribution in [2.24, 2.45) is 0 Å². The molecule has 2 N–H and O–H groups in total. The minimum atomic E-state index is 0.414. The topological polar surface area (TPSA) is 24.1 Å². The number of nitrogens with one attached hydrogen (secondary N) is 2. The fourth-order valence-corrected chi connectivity index (χ4v) is 6.58. The summed E-state index contributed by atoms with van der Waals surface area (Å²) in [5, 5.41) is 8.36. The molecule has 2 aliphatic rings. The van der Waals surface area contributed by atoms with Gasteiger partial charge in [-0.25, -0.2) is 0 Å². The van der Waals surface area contributed by atoms with Crippen molar-refractivity contribution in [3.63, 3.8) is 0 Å². The molecule has 0 saturated heterocycles. The van der Waals surface area contributed by atoms with Crippen molar-refractivity contribution in [2.75, 3.05) is 10.6 Å². The van der Waals surface area contributed by atoms with E-state index in [2.05, 4.69) is 77.4 Å². The van der Waals surface area contributed by atoms with Crippen molar-refractivity contribution in [3.05, 3.63) is 71.4 Å². The van der Waals surface area contributed by atoms with Crippen LogP contribution in [0.4, 0.5) is 11.4 Å². The van der Waals surface area contributed by atoms with Crippen LogP contribution in [0.3, 0.4) is 0 Å². The Morgan fingerprint density at radius 1 is 0.955 bits per heavy atom. The summed E-state index contributed by atoms with van der Waals surface area (Å²) in [6.45, 7) is 0. The number of fused-ring (bicyclic) bond motifs is 2. The van der Waals surface area contributed by atoms with Gasteiger partial charge in [-0.05, 0) is 0 Å². The van der Waals surface area contributed by atoms with Crippen LogP contribution in [0.25, 0.3) is 0 Å². The van der Waals surface area contributed by atoms with Crippen molar-refractivity contribution >= 4 is 50.2 Å². The molecule has 110 valence electrons. The molecule has 1 atom stereocenters. The van der Waals surface area contributed by atoms with Gasteiger partial charge in [0, 0.05) is 0 Å². The molecule has 0 bridgehead atoms. The predicted molar refractivity (Wildman–Crippen MR) is 96.7 cm³/mol. The van der Waals surface area contributed by atoms with Gasteiger partial charge in [-0.15, -0.1) is 0 Å². The Kier molecular flexibility index (Phi) is 4.09. The van der Waals surface area contributed by atoms with Crippen molar-refractivity contribution in [3.8, 4) is 0 Å². The number of anilines is 2. The fourth-order valence-electron chi connectivity index (χ4n) is 2.52. The van der Waals surface area contributed by atoms with E-state index in [1.807, 2.05) is 0 Å². The summed E-state index contributed by atoms with van der Waals surface area (Å²) in [4.78, 5) is 0. The third kappa shape index (κ3) is 3.02. The third-order valence-electron chi connectivity index (χ3n) is 3.60. The third-order valence-corrected chi connectivity index (χ3v) is 8.27. The minimum absolute atomic E-state index is 0.414. The van der Waals surface area contributed by atoms with Crippen LogP contribution < -0.4 is 19.6 Å². The normalized spacial score (nSPS) is 21.3. The maximum absolute atomic E-state index is 3.62. The first kappa shape index (κ1) is 14.2. The number of hydrogen-bond acceptors (Lipinski definition) is 2. The van der Waals surface area contributed by atoms with Crippen LogP contribution in [-0.4, -0.2) is 36.0 Å². The van der Waals surface area contributed by atoms with E-state index in [4.69, 9.17) is 0 Å². The summed E-state index contributed by atoms with van der Waals surface area (Å²) in [6, 6.07) is 17.7. The summed E-state index contributed by atoms with van der Waals surface area (Å²) in [5.41, 5.74) is 2.59. The SMILES string of the molecule is C(=CC1C[Se]c2ccccc2N1)C=C1Nc2ccccc2[Se]1. The predicted octanol–water partition coefficient (Wildman–Crippen LogP) is 2.08. The molecular weight excluding hydrogens is 402 g/mol. The molecule has 22 heavy (non-hydrogen) atoms. The molecule has 4 rings (SSSR count). The molecule has 0 saturated carbocycles. The van der Waals surface area contributed by atoms with E-state index in [-0.39, 0.29) is 0 Å². The van der Waals surface area contributed by atoms with Crippen LogP contribution >= 0.6 is 0 Å². The van der Waals surface area contributed by atoms with Gasteiger partial charge in [-0.2, -0.15) is 0 Å². The average molecular weight is 418 g/mol. The molecular formula is C18H16N2Se2. The Labute approximate surface area is 143 Å². The van der Waals surface area contributed by atoms with E-state index in [0.29, 0.717) is 36.0 Å². The van der Waals surface area contributed by atoms with E-state index < -0.39 is 0 Å². The first-order chi connectivity index (χ1) is 10.9. The molecule has 0 radical (unpaired) electrons. The molecule has 1 unspecified atom stereocenters. The average Bonchev–Trinajstić information content (AvgIpc) is 2.97. The van der Waals surface area contributed by atoms with E-state index in [1.54, 1.807) is 0 Å². The molecule has 2 heterocycles. The molecule has 4 heteroatoms. The molecule has 0 aromatic heterocycles. The zero-order valence-corrected chi connectivity index (χ0v) is 15.4. The van der Waals surface area contributed by atoms with Gasteiger partial charge < -0.3 is 0 Å². The Morgan fingerprint density at radius 2 is 1.73 bits per heavy atom. The number of para-hydroxylation sites is 2. The Morgan fingerprint density at radius 3 is 2.59 bits per heavy atom. The van der Waals surface area contributed by atoms with Crippen molar-refractivity contribution < 1.29 is 0 Å². The summed E-state index contributed by atoms with van der Waals surface area (Å²) < 4.78 is 4.28. The molecule has 0 spiro atoms. The van der Waals surface area contributed by atoms with Gasteiger partial charge in [0.05, 0.1) is 0 Å². The van der Waals surface area contributed by atoms with Crippen LogP contribution in [0.1, 0.15) is 0 Å². The summed E-state index contributed by atoms with van der Waals surface area (Å²) in [7, 11) is 0. The van der Waals surface area contributed by atoms with E-state index in [1.165, 1.54) is 30.2 Å². The number of hydrogen-bond donors (Lipinski definition) is 2. The monoisotopic (exact) mass is 420 g/mol. The Hall–Kier alpha value is -1.44. The Balaban J connectivity index is 1.41. The first-order valence-corrected chi connectivity index (χ1v) is 11.1. The van der Waals surface area contributed by atoms with E-state index in [0.717, 1.165) is 0 Å². The van der Waals surface area contributed by atoms with Crippen LogP contribution in [-0.2, 0) is 0 Å². The second-order valence-electron chi connectivity index (χ2n) is 5.20. The molecule has 0 amide bonds. The Bertz CT molecular complexity index is 725. The second-order valence-corrected chi connectivity index (χ2v) is 9.70. The van der Waals surface area contributed by atoms with Crippen molar-refractivity contribution in [2.45, 2.75) is 11.4 Å². The molecule has 0 fully saturated rings. The van der Waals surface area contributed by atoms with Crippen molar-refractivity contribution in [1.82, 2.24) is 0 Å². The van der Waals surface area contributed by atoms with Gasteiger partial charge >= 0.3 is 144 Å². The summed E-state index contributed by atoms with van der Waals surface area (Å²) in [5.74, 6) is 0. The van der Waals surface area contributed by atoms with Crippen LogP contribution in [0, 0.1) is 0 Å². The van der Waals surface area contributed by atoms with Gasteiger partial charge in [0.25, 0.3) is 0 Å². The zero-order chi connectivity index (χ0) is 14.8. The standard InChI is InChI=1S/C18H16N2Se2/c1-3-9-16-14(7-1)19-13(12-21-16)6-5-11-18-20-15-8-2-4-10-17(15)22-18/h1-11,13,19-20H,12H2. The number of rotatable bonds is 2. The van der Waals surface area contributed by atoms with E-state index >= 15 is 0 Å². The molecule has 2 aromatic carbocycles. The summed E-state index contributed by atoms with van der Waals surface area (Å²) >= 11 is 0.993. The maximum atomic E-state index is 3.62. The van der Waals surface area contributed by atoms with Crippen LogP contribution in [0.2, 0.25) is 5.32 Å². The quantitative estimate of drug-likeness (QED) is 0.731. The molecule has 2 nitrogen and oxygen atoms in total. The molecule has 0 aliphatic carbocycles. The van der Waals surface area contributed by atoms with Crippen molar-refractivity contribution in [1.29, 1.82) is 0 Å². The zero-order valence-electron chi connectivity index (χ0n) is 12.0. The van der Waals surface area contributed by atoms with Gasteiger partial charge in [-0.3, -0.25) is 0 Å². The van der Waals surface area contributed by atoms with Crippen LogP contribution in [0.15, 0.2) is 71.4 Å². The van der Waals surface area contributed by atoms with Crippen LogP contribution in [0.5, 0.6) is 0 Å². The van der Waals surface area contributed by atoms with E-state index in [9.17, 15) is 0 Å². The van der Waals surface area contributed by atoms with Gasteiger partial charge in [0.1, 0.15) is 0 Å². The molecule has 2 aliphatic heterocycles. The van der Waals surface area contributed by atoms with Gasteiger partial charge in [0.2, 0.25) is 0 Å². The first-order valence-electron chi connectivity index (χ1n) is 7.29. The van der Waals surface area contributed by atoms with Gasteiger partial charge in [-0.1, -0.05) is 0 Å².